The highest BCUT2D eigenvalue weighted by Crippen LogP contribution is 2.42. The van der Waals surface area contributed by atoms with E-state index in [1.54, 1.807) is 12.2 Å². The van der Waals surface area contributed by atoms with Crippen LogP contribution in [0.4, 0.5) is 5.13 Å². The zero-order valence-electron chi connectivity index (χ0n) is 26.8. The Kier molecular flexibility index (Phi) is 11.2. The van der Waals surface area contributed by atoms with Crippen LogP contribution in [0.5, 0.6) is 0 Å². The molecule has 0 radical (unpaired) electrons. The Morgan fingerprint density at radius 3 is 2.71 bits per heavy atom. The van der Waals surface area contributed by atoms with Crippen molar-refractivity contribution in [1.29, 1.82) is 0 Å². The molecule has 2 unspecified atom stereocenters. The first kappa shape index (κ1) is 35.0. The highest BCUT2D eigenvalue weighted by Gasteiger charge is 2.55. The number of fused-ring (bicyclic) bond motifs is 1. The first-order valence-corrected chi connectivity index (χ1v) is 17.4. The molecule has 5 rings (SSSR count). The molecule has 0 saturated carbocycles. The second-order valence-electron chi connectivity index (χ2n) is 11.9. The van der Waals surface area contributed by atoms with Crippen molar-refractivity contribution in [3.05, 3.63) is 40.4 Å². The number of carbonyl (C=O) groups is 5. The highest BCUT2D eigenvalue weighted by molar-refractivity contribution is 8.00. The van der Waals surface area contributed by atoms with Crippen molar-refractivity contribution in [1.82, 2.24) is 29.8 Å². The Bertz CT molecular complexity index is 1600. The van der Waals surface area contributed by atoms with Gasteiger partial charge in [-0.2, -0.15) is 9.36 Å². The summed E-state index contributed by atoms with van der Waals surface area (Å²) in [6.45, 7) is 7.54. The van der Waals surface area contributed by atoms with Crippen LogP contribution in [0.2, 0.25) is 0 Å². The van der Waals surface area contributed by atoms with E-state index in [2.05, 4.69) is 25.1 Å². The number of β-lactam (4-membered cyclic amide) rings is 1. The summed E-state index contributed by atoms with van der Waals surface area (Å²) in [6.07, 6.45) is 5.09. The second-order valence-corrected chi connectivity index (χ2v) is 13.8. The average molecular weight is 703 g/mol. The summed E-state index contributed by atoms with van der Waals surface area (Å²) in [5.41, 5.74) is 6.07. The molecule has 0 spiro atoms. The first-order valence-electron chi connectivity index (χ1n) is 15.6. The molecule has 1 aromatic rings. The van der Waals surface area contributed by atoms with E-state index < -0.39 is 47.5 Å². The van der Waals surface area contributed by atoms with E-state index in [0.717, 1.165) is 24.5 Å². The molecular formula is C30H38N8O8S2. The van der Waals surface area contributed by atoms with Crippen LogP contribution in [-0.4, -0.2) is 116 Å². The minimum absolute atomic E-state index is 0.0523. The number of esters is 2. The van der Waals surface area contributed by atoms with Crippen LogP contribution in [0, 0.1) is 5.92 Å². The molecule has 5 N–H and O–H groups in total. The number of oxime groups is 1. The van der Waals surface area contributed by atoms with Gasteiger partial charge in [0.2, 0.25) is 17.4 Å². The van der Waals surface area contributed by atoms with Crippen LogP contribution in [0.3, 0.4) is 0 Å². The van der Waals surface area contributed by atoms with Crippen molar-refractivity contribution in [2.45, 2.75) is 57.5 Å². The molecule has 0 aromatic carbocycles. The van der Waals surface area contributed by atoms with E-state index in [1.807, 2.05) is 25.7 Å². The number of rotatable bonds is 12. The number of allylic oxidation sites excluding steroid dienone is 2. The fourth-order valence-electron chi connectivity index (χ4n) is 5.70. The summed E-state index contributed by atoms with van der Waals surface area (Å²) in [4.78, 5) is 73.3. The Hall–Kier alpha value is -4.29. The number of nitrogens with zero attached hydrogens (tertiary/aromatic N) is 5. The van der Waals surface area contributed by atoms with Gasteiger partial charge in [-0.15, -0.1) is 11.8 Å². The lowest BCUT2D eigenvalue weighted by atomic mass is 10.0. The van der Waals surface area contributed by atoms with E-state index in [0.29, 0.717) is 37.1 Å². The maximum atomic E-state index is 13.8. The highest BCUT2D eigenvalue weighted by atomic mass is 32.2. The predicted molar refractivity (Wildman–Crippen MR) is 176 cm³/mol. The van der Waals surface area contributed by atoms with Gasteiger partial charge in [-0.1, -0.05) is 32.0 Å². The third kappa shape index (κ3) is 7.39. The topological polar surface area (TPSA) is 219 Å². The lowest BCUT2D eigenvalue weighted by Gasteiger charge is -2.49. The molecule has 0 bridgehead atoms. The molecule has 4 aliphatic heterocycles. The summed E-state index contributed by atoms with van der Waals surface area (Å²) < 4.78 is 14.8. The van der Waals surface area contributed by atoms with Gasteiger partial charge in [-0.25, -0.2) is 9.59 Å². The summed E-state index contributed by atoms with van der Waals surface area (Å²) in [6, 6.07) is -0.997. The van der Waals surface area contributed by atoms with Crippen LogP contribution in [0.15, 0.2) is 39.7 Å². The smallest absolute Gasteiger partial charge is 0.355 e. The zero-order valence-corrected chi connectivity index (χ0v) is 28.4. The SMILES string of the molecule is CC/C=C(\COC(=O)C1=C(/C=C2\CCN(C3CCNC3)C2=O)CSC2[C@H](NC(=O)/C(=N\O)c3nsc(N)n3)C(=O)N12)C(=O)OCC(C)C. The minimum Gasteiger partial charge on any atom is -0.462 e. The van der Waals surface area contributed by atoms with Gasteiger partial charge in [0.25, 0.3) is 11.8 Å². The summed E-state index contributed by atoms with van der Waals surface area (Å²) >= 11 is 2.08. The van der Waals surface area contributed by atoms with Gasteiger partial charge in [-0.3, -0.25) is 19.3 Å². The van der Waals surface area contributed by atoms with Crippen molar-refractivity contribution in [3.8, 4) is 0 Å². The number of amides is 3. The maximum absolute atomic E-state index is 13.8. The number of nitrogen functional groups attached to an aromatic ring is 1. The number of ether oxygens (including phenoxy) is 2. The van der Waals surface area contributed by atoms with Crippen LogP contribution in [-0.2, 0) is 33.4 Å². The first-order chi connectivity index (χ1) is 23.0. The largest absolute Gasteiger partial charge is 0.462 e. The average Bonchev–Trinajstić information content (AvgIpc) is 3.83. The number of nitrogens with two attached hydrogens (primary N) is 1. The number of anilines is 1. The van der Waals surface area contributed by atoms with E-state index in [1.165, 1.54) is 16.7 Å². The molecule has 0 aliphatic carbocycles. The van der Waals surface area contributed by atoms with E-state index in [9.17, 15) is 29.2 Å². The van der Waals surface area contributed by atoms with Gasteiger partial charge in [-0.05, 0) is 43.4 Å². The number of likely N-dealkylation sites (tertiary alicyclic amines) is 1. The molecule has 3 saturated heterocycles. The summed E-state index contributed by atoms with van der Waals surface area (Å²) in [5.74, 6) is -3.02. The van der Waals surface area contributed by atoms with Crippen LogP contribution >= 0.6 is 23.3 Å². The second kappa shape index (κ2) is 15.3. The summed E-state index contributed by atoms with van der Waals surface area (Å²) in [7, 11) is 0. The van der Waals surface area contributed by atoms with Gasteiger partial charge in [0.1, 0.15) is 23.7 Å². The molecule has 18 heteroatoms. The van der Waals surface area contributed by atoms with Crippen LogP contribution in [0.25, 0.3) is 0 Å². The molecular weight excluding hydrogens is 665 g/mol. The molecule has 1 aromatic heterocycles. The van der Waals surface area contributed by atoms with Crippen molar-refractivity contribution < 1.29 is 38.7 Å². The number of nitrogens with one attached hydrogen (secondary N) is 2. The monoisotopic (exact) mass is 702 g/mol. The summed E-state index contributed by atoms with van der Waals surface area (Å²) in [5, 5.41) is 17.6. The number of carbonyl (C=O) groups excluding carboxylic acids is 5. The fourth-order valence-corrected chi connectivity index (χ4v) is 7.44. The molecule has 4 aliphatic rings. The van der Waals surface area contributed by atoms with E-state index >= 15 is 0 Å². The number of aromatic nitrogens is 2. The fraction of sp³-hybridized carbons (Fsp3) is 0.533. The molecule has 16 nitrogen and oxygen atoms in total. The van der Waals surface area contributed by atoms with Crippen molar-refractivity contribution in [2.75, 3.05) is 44.3 Å². The third-order valence-corrected chi connectivity index (χ3v) is 9.89. The van der Waals surface area contributed by atoms with E-state index in [-0.39, 0.29) is 52.5 Å². The Morgan fingerprint density at radius 1 is 1.27 bits per heavy atom. The number of hydrogen-bond donors (Lipinski definition) is 4. The molecule has 5 heterocycles. The van der Waals surface area contributed by atoms with Gasteiger partial charge < -0.3 is 35.9 Å². The van der Waals surface area contributed by atoms with Crippen LogP contribution < -0.4 is 16.4 Å². The molecule has 3 atom stereocenters. The number of thioether (sulfide) groups is 1. The Labute approximate surface area is 285 Å². The van der Waals surface area contributed by atoms with Crippen molar-refractivity contribution in [2.24, 2.45) is 11.1 Å². The molecule has 3 amide bonds. The Morgan fingerprint density at radius 2 is 2.06 bits per heavy atom. The predicted octanol–water partition coefficient (Wildman–Crippen LogP) is 0.552. The van der Waals surface area contributed by atoms with Gasteiger partial charge in [0.05, 0.1) is 12.2 Å². The molecule has 258 valence electrons. The Balaban J connectivity index is 1.39. The number of hydrogen-bond acceptors (Lipinski definition) is 15. The molecule has 48 heavy (non-hydrogen) atoms. The lowest BCUT2D eigenvalue weighted by Crippen LogP contribution is -2.71. The van der Waals surface area contributed by atoms with Gasteiger partial charge >= 0.3 is 11.9 Å². The quantitative estimate of drug-likeness (QED) is 0.0585. The normalized spacial score (nSPS) is 23.9. The van der Waals surface area contributed by atoms with Gasteiger partial charge in [0, 0.05) is 42.0 Å². The van der Waals surface area contributed by atoms with Crippen molar-refractivity contribution >= 4 is 63.8 Å². The van der Waals surface area contributed by atoms with Crippen molar-refractivity contribution in [3.63, 3.8) is 0 Å². The maximum Gasteiger partial charge on any atom is 0.355 e. The van der Waals surface area contributed by atoms with Crippen LogP contribution in [0.1, 0.15) is 45.9 Å². The van der Waals surface area contributed by atoms with Gasteiger partial charge in [0.15, 0.2) is 5.13 Å². The standard InChI is InChI=1S/C30H38N8O8S2/c1-4-5-17(28(42)45-12-15(2)3)13-46-29(43)22-18(10-16-7-9-37(25(16)40)19-6-8-32-11-19)14-47-27-21(26(41)38(22)27)33-24(39)20(35-44)23-34-30(31)48-36-23/h5,10,15,19,21,27,32,44H,4,6-9,11-14H2,1-3H3,(H,33,39)(H2,31,34,36)/b16-10+,17-5+,35-20-/t19?,21-,27?/m1/s1. The molecule has 3 fully saturated rings. The van der Waals surface area contributed by atoms with E-state index in [4.69, 9.17) is 15.2 Å². The third-order valence-electron chi connectivity index (χ3n) is 8.05. The minimum atomic E-state index is -1.09. The lowest BCUT2D eigenvalue weighted by molar-refractivity contribution is -0.152. The zero-order chi connectivity index (χ0) is 34.5.